The first-order chi connectivity index (χ1) is 15.4. The van der Waals surface area contributed by atoms with Gasteiger partial charge in [-0.25, -0.2) is 4.79 Å². The molecule has 1 heterocycles. The molecule has 32 heavy (non-hydrogen) atoms. The van der Waals surface area contributed by atoms with Crippen molar-refractivity contribution in [1.82, 2.24) is 4.90 Å². The molecule has 1 saturated heterocycles. The van der Waals surface area contributed by atoms with Crippen molar-refractivity contribution >= 4 is 66.8 Å². The van der Waals surface area contributed by atoms with E-state index in [1.165, 1.54) is 10.5 Å². The van der Waals surface area contributed by atoms with Crippen LogP contribution >= 0.6 is 43.6 Å². The maximum atomic E-state index is 12.8. The molecule has 2 aromatic rings. The maximum absolute atomic E-state index is 12.8. The summed E-state index contributed by atoms with van der Waals surface area (Å²) in [6, 6.07) is 13.5. The summed E-state index contributed by atoms with van der Waals surface area (Å²) < 4.78 is 11.6. The van der Waals surface area contributed by atoms with Gasteiger partial charge >= 0.3 is 5.97 Å². The van der Waals surface area contributed by atoms with Crippen LogP contribution in [0.5, 0.6) is 5.75 Å². The van der Waals surface area contributed by atoms with Crippen molar-refractivity contribution in [2.45, 2.75) is 19.8 Å². The fourth-order valence-electron chi connectivity index (χ4n) is 3.06. The Morgan fingerprint density at radius 2 is 1.81 bits per heavy atom. The Balaban J connectivity index is 1.65. The van der Waals surface area contributed by atoms with Crippen LogP contribution in [0.1, 0.15) is 24.5 Å². The van der Waals surface area contributed by atoms with Crippen molar-refractivity contribution < 1.29 is 23.9 Å². The van der Waals surface area contributed by atoms with Crippen LogP contribution in [-0.4, -0.2) is 41.8 Å². The molecule has 168 valence electrons. The Kier molecular flexibility index (Phi) is 8.95. The number of hydrogen-bond donors (Lipinski definition) is 0. The third-order valence-electron chi connectivity index (χ3n) is 4.52. The Bertz CT molecular complexity index is 1020. The Labute approximate surface area is 207 Å². The number of thioether (sulfide) groups is 1. The molecule has 0 aromatic heterocycles. The number of benzene rings is 2. The number of amides is 2. The largest absolute Gasteiger partial charge is 0.480 e. The molecule has 6 nitrogen and oxygen atoms in total. The van der Waals surface area contributed by atoms with Crippen LogP contribution in [0, 0.1) is 0 Å². The SMILES string of the molecule is CCOC(=O)COc1c(Br)cc(/C=C2/SC(=O)N(CCCc3ccccc3)C2=O)cc1Br. The maximum Gasteiger partial charge on any atom is 0.344 e. The lowest BCUT2D eigenvalue weighted by Crippen LogP contribution is -2.29. The topological polar surface area (TPSA) is 72.9 Å². The molecule has 3 rings (SSSR count). The molecule has 2 amide bonds. The van der Waals surface area contributed by atoms with Crippen LogP contribution in [0.4, 0.5) is 4.79 Å². The van der Waals surface area contributed by atoms with Crippen LogP contribution in [0.25, 0.3) is 6.08 Å². The zero-order valence-corrected chi connectivity index (χ0v) is 21.3. The first kappa shape index (κ1) is 24.5. The number of carbonyl (C=O) groups is 3. The van der Waals surface area contributed by atoms with Crippen LogP contribution in [-0.2, 0) is 20.7 Å². The average molecular weight is 583 g/mol. The lowest BCUT2D eigenvalue weighted by molar-refractivity contribution is -0.145. The molecule has 9 heteroatoms. The molecule has 0 N–H and O–H groups in total. The normalized spacial score (nSPS) is 14.8. The third-order valence-corrected chi connectivity index (χ3v) is 6.61. The van der Waals surface area contributed by atoms with Gasteiger partial charge in [-0.1, -0.05) is 30.3 Å². The van der Waals surface area contributed by atoms with Gasteiger partial charge in [0.05, 0.1) is 20.5 Å². The number of hydrogen-bond acceptors (Lipinski definition) is 6. The highest BCUT2D eigenvalue weighted by atomic mass is 79.9. The van der Waals surface area contributed by atoms with E-state index in [4.69, 9.17) is 9.47 Å². The molecule has 2 aromatic carbocycles. The fraction of sp³-hybridized carbons (Fsp3) is 0.261. The summed E-state index contributed by atoms with van der Waals surface area (Å²) in [4.78, 5) is 38.3. The minimum atomic E-state index is -0.462. The Morgan fingerprint density at radius 3 is 2.47 bits per heavy atom. The number of halogens is 2. The Hall–Kier alpha value is -2.10. The molecule has 0 atom stereocenters. The summed E-state index contributed by atoms with van der Waals surface area (Å²) in [7, 11) is 0. The summed E-state index contributed by atoms with van der Waals surface area (Å²) in [5.41, 5.74) is 1.89. The zero-order chi connectivity index (χ0) is 23.1. The molecule has 0 spiro atoms. The summed E-state index contributed by atoms with van der Waals surface area (Å²) in [5.74, 6) is -0.302. The minimum absolute atomic E-state index is 0.216. The lowest BCUT2D eigenvalue weighted by Gasteiger charge is -2.12. The Morgan fingerprint density at radius 1 is 1.12 bits per heavy atom. The second kappa shape index (κ2) is 11.7. The second-order valence-electron chi connectivity index (χ2n) is 6.83. The molecule has 1 aliphatic heterocycles. The van der Waals surface area contributed by atoms with Gasteiger partial charge in [-0.05, 0) is 92.7 Å². The smallest absolute Gasteiger partial charge is 0.344 e. The standard InChI is InChI=1S/C23H21Br2NO5S/c1-2-30-20(27)14-31-21-17(24)11-16(12-18(21)25)13-19-22(28)26(23(29)32-19)10-6-9-15-7-4-3-5-8-15/h3-5,7-8,11-13H,2,6,9-10,14H2,1H3/b19-13+. The second-order valence-corrected chi connectivity index (χ2v) is 9.53. The van der Waals surface area contributed by atoms with Gasteiger partial charge in [0.2, 0.25) is 0 Å². The van der Waals surface area contributed by atoms with E-state index in [1.54, 1.807) is 25.1 Å². The molecule has 0 saturated carbocycles. The van der Waals surface area contributed by atoms with Crippen LogP contribution in [0.2, 0.25) is 0 Å². The van der Waals surface area contributed by atoms with Crippen molar-refractivity contribution in [3.05, 3.63) is 67.4 Å². The van der Waals surface area contributed by atoms with E-state index in [2.05, 4.69) is 31.9 Å². The number of imide groups is 1. The van der Waals surface area contributed by atoms with E-state index in [-0.39, 0.29) is 24.4 Å². The molecular weight excluding hydrogens is 562 g/mol. The van der Waals surface area contributed by atoms with E-state index in [1.807, 2.05) is 30.3 Å². The summed E-state index contributed by atoms with van der Waals surface area (Å²) in [6.45, 7) is 2.17. The van der Waals surface area contributed by atoms with Crippen molar-refractivity contribution in [3.8, 4) is 5.75 Å². The molecule has 1 aliphatic rings. The monoisotopic (exact) mass is 581 g/mol. The summed E-state index contributed by atoms with van der Waals surface area (Å²) in [5, 5.41) is -0.262. The first-order valence-corrected chi connectivity index (χ1v) is 12.4. The van der Waals surface area contributed by atoms with Crippen molar-refractivity contribution in [2.75, 3.05) is 19.8 Å². The first-order valence-electron chi connectivity index (χ1n) is 9.95. The number of esters is 1. The molecule has 0 aliphatic carbocycles. The number of carbonyl (C=O) groups excluding carboxylic acids is 3. The van der Waals surface area contributed by atoms with E-state index in [0.29, 0.717) is 38.1 Å². The van der Waals surface area contributed by atoms with E-state index >= 15 is 0 Å². The molecule has 0 radical (unpaired) electrons. The van der Waals surface area contributed by atoms with Crippen LogP contribution in [0.15, 0.2) is 56.3 Å². The van der Waals surface area contributed by atoms with Crippen molar-refractivity contribution in [2.24, 2.45) is 0 Å². The highest BCUT2D eigenvalue weighted by Crippen LogP contribution is 2.37. The van der Waals surface area contributed by atoms with Gasteiger partial charge in [-0.2, -0.15) is 0 Å². The van der Waals surface area contributed by atoms with Gasteiger partial charge < -0.3 is 9.47 Å². The summed E-state index contributed by atoms with van der Waals surface area (Å²) in [6.07, 6.45) is 3.18. The van der Waals surface area contributed by atoms with Gasteiger partial charge in [0.25, 0.3) is 11.1 Å². The van der Waals surface area contributed by atoms with Gasteiger partial charge in [0.1, 0.15) is 5.75 Å². The number of rotatable bonds is 9. The highest BCUT2D eigenvalue weighted by molar-refractivity contribution is 9.11. The van der Waals surface area contributed by atoms with Gasteiger partial charge in [0, 0.05) is 6.54 Å². The average Bonchev–Trinajstić information content (AvgIpc) is 3.01. The third kappa shape index (κ3) is 6.46. The van der Waals surface area contributed by atoms with Gasteiger partial charge in [-0.15, -0.1) is 0 Å². The lowest BCUT2D eigenvalue weighted by atomic mass is 10.1. The molecule has 0 bridgehead atoms. The van der Waals surface area contributed by atoms with E-state index in [0.717, 1.165) is 18.2 Å². The van der Waals surface area contributed by atoms with E-state index < -0.39 is 5.97 Å². The minimum Gasteiger partial charge on any atom is -0.480 e. The van der Waals surface area contributed by atoms with Crippen molar-refractivity contribution in [1.29, 1.82) is 0 Å². The highest BCUT2D eigenvalue weighted by Gasteiger charge is 2.34. The molecule has 1 fully saturated rings. The number of ether oxygens (including phenoxy) is 2. The zero-order valence-electron chi connectivity index (χ0n) is 17.3. The predicted octanol–water partition coefficient (Wildman–Crippen LogP) is 5.82. The molecular formula is C23H21Br2NO5S. The number of aryl methyl sites for hydroxylation is 1. The predicted molar refractivity (Wildman–Crippen MR) is 131 cm³/mol. The number of nitrogens with zero attached hydrogens (tertiary/aromatic N) is 1. The van der Waals surface area contributed by atoms with Crippen LogP contribution in [0.3, 0.4) is 0 Å². The molecule has 0 unspecified atom stereocenters. The quantitative estimate of drug-likeness (QED) is 0.274. The fourth-order valence-corrected chi connectivity index (χ4v) is 5.38. The van der Waals surface area contributed by atoms with Gasteiger partial charge in [0.15, 0.2) is 6.61 Å². The van der Waals surface area contributed by atoms with Crippen molar-refractivity contribution in [3.63, 3.8) is 0 Å². The van der Waals surface area contributed by atoms with E-state index in [9.17, 15) is 14.4 Å². The van der Waals surface area contributed by atoms with Gasteiger partial charge in [-0.3, -0.25) is 14.5 Å². The van der Waals surface area contributed by atoms with Crippen LogP contribution < -0.4 is 4.74 Å². The summed E-state index contributed by atoms with van der Waals surface area (Å²) >= 11 is 7.79.